The summed E-state index contributed by atoms with van der Waals surface area (Å²) in [4.78, 5) is 38.6. The number of likely N-dealkylation sites (N-methyl/N-ethyl adjacent to an activating group) is 3. The summed E-state index contributed by atoms with van der Waals surface area (Å²) in [5, 5.41) is 0. The van der Waals surface area contributed by atoms with Crippen LogP contribution in [-0.4, -0.2) is 55.5 Å². The van der Waals surface area contributed by atoms with Crippen molar-refractivity contribution in [1.82, 2.24) is 4.90 Å². The lowest BCUT2D eigenvalue weighted by Crippen LogP contribution is -2.79. The minimum Gasteiger partial charge on any atom is -0.334 e. The summed E-state index contributed by atoms with van der Waals surface area (Å²) in [6, 6.07) is 11.9. The van der Waals surface area contributed by atoms with Gasteiger partial charge in [-0.1, -0.05) is 18.2 Å². The van der Waals surface area contributed by atoms with Crippen LogP contribution in [0.25, 0.3) is 0 Å². The molecule has 0 spiro atoms. The number of imide groups is 1. The highest BCUT2D eigenvalue weighted by molar-refractivity contribution is 6.31. The highest BCUT2D eigenvalue weighted by atomic mass is 16.2. The maximum absolute atomic E-state index is 14.1. The van der Waals surface area contributed by atoms with Crippen molar-refractivity contribution in [3.8, 4) is 0 Å². The first-order chi connectivity index (χ1) is 14.8. The van der Waals surface area contributed by atoms with E-state index in [9.17, 15) is 9.59 Å². The van der Waals surface area contributed by atoms with Crippen molar-refractivity contribution in [3.63, 3.8) is 0 Å². The van der Waals surface area contributed by atoms with Gasteiger partial charge in [0.1, 0.15) is 0 Å². The van der Waals surface area contributed by atoms with Crippen LogP contribution in [0.3, 0.4) is 0 Å². The topological polar surface area (TPSA) is 59.5 Å². The zero-order chi connectivity index (χ0) is 22.1. The lowest BCUT2D eigenvalue weighted by atomic mass is 9.92. The maximum Gasteiger partial charge on any atom is 0.351 e. The molecule has 31 heavy (non-hydrogen) atoms. The van der Waals surface area contributed by atoms with Crippen molar-refractivity contribution in [2.45, 2.75) is 32.9 Å². The van der Waals surface area contributed by atoms with Gasteiger partial charge in [0, 0.05) is 32.9 Å². The van der Waals surface area contributed by atoms with Crippen LogP contribution in [-0.2, 0) is 11.2 Å². The number of carbonyl (C=O) groups excluding carboxylic acids is 2. The van der Waals surface area contributed by atoms with E-state index >= 15 is 0 Å². The minimum absolute atomic E-state index is 0.267. The van der Waals surface area contributed by atoms with Crippen LogP contribution < -0.4 is 14.7 Å². The van der Waals surface area contributed by atoms with E-state index in [2.05, 4.69) is 59.8 Å². The predicted octanol–water partition coefficient (Wildman–Crippen LogP) is 3.33. The zero-order valence-electron chi connectivity index (χ0n) is 18.6. The average molecular weight is 418 g/mol. The monoisotopic (exact) mass is 417 g/mol. The molecule has 0 N–H and O–H groups in total. The van der Waals surface area contributed by atoms with Gasteiger partial charge < -0.3 is 14.7 Å². The number of rotatable bonds is 2. The van der Waals surface area contributed by atoms with E-state index in [1.165, 1.54) is 12.6 Å². The summed E-state index contributed by atoms with van der Waals surface area (Å²) in [6.07, 6.45) is 0.844. The fourth-order valence-electron chi connectivity index (χ4n) is 5.22. The number of para-hydroxylation sites is 1. The molecule has 2 aromatic carbocycles. The van der Waals surface area contributed by atoms with E-state index in [0.717, 1.165) is 39.5 Å². The first-order valence-electron chi connectivity index (χ1n) is 10.7. The minimum atomic E-state index is -1.21. The Bertz CT molecular complexity index is 1160. The molecule has 3 aliphatic heterocycles. The summed E-state index contributed by atoms with van der Waals surface area (Å²) in [5.74, 6) is 0.201. The molecule has 160 valence electrons. The molecule has 7 nitrogen and oxygen atoms in total. The van der Waals surface area contributed by atoms with Gasteiger partial charge in [0.15, 0.2) is 5.84 Å². The number of amides is 3. The lowest BCUT2D eigenvalue weighted by Gasteiger charge is -2.57. The summed E-state index contributed by atoms with van der Waals surface area (Å²) >= 11 is 0. The molecule has 0 aromatic heterocycles. The highest BCUT2D eigenvalue weighted by Crippen LogP contribution is 2.48. The third-order valence-corrected chi connectivity index (χ3v) is 6.95. The maximum atomic E-state index is 14.1. The average Bonchev–Trinajstić information content (AvgIpc) is 3.19. The fourth-order valence-corrected chi connectivity index (χ4v) is 5.22. The molecule has 0 saturated carbocycles. The summed E-state index contributed by atoms with van der Waals surface area (Å²) < 4.78 is 0. The molecule has 3 heterocycles. The third kappa shape index (κ3) is 2.37. The smallest absolute Gasteiger partial charge is 0.334 e. The molecule has 0 aliphatic carbocycles. The van der Waals surface area contributed by atoms with Crippen molar-refractivity contribution in [2.75, 3.05) is 41.9 Å². The van der Waals surface area contributed by atoms with Crippen LogP contribution in [0.2, 0.25) is 0 Å². The molecule has 3 aliphatic rings. The number of fused-ring (bicyclic) bond motifs is 3. The first-order valence-corrected chi connectivity index (χ1v) is 10.7. The zero-order valence-corrected chi connectivity index (χ0v) is 18.6. The lowest BCUT2D eigenvalue weighted by molar-refractivity contribution is -0.131. The molecule has 0 radical (unpaired) electrons. The number of nitrogens with zero attached hydrogens (tertiary/aromatic N) is 5. The fraction of sp³-hybridized carbons (Fsp3) is 0.375. The molecular formula is C24H27N5O2. The van der Waals surface area contributed by atoms with Crippen LogP contribution in [0.5, 0.6) is 0 Å². The van der Waals surface area contributed by atoms with E-state index in [1.54, 1.807) is 0 Å². The highest BCUT2D eigenvalue weighted by Gasteiger charge is 2.62. The molecule has 1 atom stereocenters. The quantitative estimate of drug-likeness (QED) is 0.750. The second kappa shape index (κ2) is 6.57. The molecule has 3 amide bonds. The Morgan fingerprint density at radius 2 is 1.65 bits per heavy atom. The van der Waals surface area contributed by atoms with Crippen LogP contribution in [0.15, 0.2) is 41.4 Å². The van der Waals surface area contributed by atoms with Crippen LogP contribution in [0.1, 0.15) is 23.6 Å². The molecular weight excluding hydrogens is 390 g/mol. The molecule has 7 heteroatoms. The van der Waals surface area contributed by atoms with E-state index in [4.69, 9.17) is 0 Å². The normalized spacial score (nSPS) is 22.4. The predicted molar refractivity (Wildman–Crippen MR) is 123 cm³/mol. The Morgan fingerprint density at radius 1 is 0.968 bits per heavy atom. The number of anilines is 3. The molecule has 0 fully saturated rings. The van der Waals surface area contributed by atoms with Gasteiger partial charge in [0.2, 0.25) is 0 Å². The third-order valence-electron chi connectivity index (χ3n) is 6.95. The van der Waals surface area contributed by atoms with Crippen molar-refractivity contribution in [1.29, 1.82) is 0 Å². The Hall–Kier alpha value is -3.35. The van der Waals surface area contributed by atoms with Crippen molar-refractivity contribution in [3.05, 3.63) is 53.1 Å². The van der Waals surface area contributed by atoms with Gasteiger partial charge in [-0.05, 0) is 62.1 Å². The van der Waals surface area contributed by atoms with Crippen molar-refractivity contribution >= 4 is 34.8 Å². The Labute approximate surface area is 182 Å². The number of carbonyl (C=O) groups is 2. The SMILES string of the molecule is CCN1c2cc(C)c(C)cc2N(C)C2=NC(=O)N(C)C(=O)C21N1CCc2ccccc21. The second-order valence-corrected chi connectivity index (χ2v) is 8.51. The number of hydrogen-bond acceptors (Lipinski definition) is 5. The summed E-state index contributed by atoms with van der Waals surface area (Å²) in [7, 11) is 3.43. The molecule has 5 rings (SSSR count). The largest absolute Gasteiger partial charge is 0.351 e. The van der Waals surface area contributed by atoms with Crippen molar-refractivity contribution in [2.24, 2.45) is 4.99 Å². The molecule has 0 saturated heterocycles. The van der Waals surface area contributed by atoms with E-state index < -0.39 is 11.7 Å². The van der Waals surface area contributed by atoms with Gasteiger partial charge in [0.25, 0.3) is 11.6 Å². The molecule has 2 aromatic rings. The van der Waals surface area contributed by atoms with Gasteiger partial charge in [0.05, 0.1) is 11.4 Å². The van der Waals surface area contributed by atoms with Crippen LogP contribution in [0, 0.1) is 13.8 Å². The standard InChI is InChI=1S/C24H27N5O2/c1-6-28-20-14-16(3)15(2)13-19(20)26(4)21-24(28,22(30)27(5)23(31)25-21)29-12-11-17-9-7-8-10-18(17)29/h7-10,13-14H,6,11-12H2,1-5H3. The van der Waals surface area contributed by atoms with Gasteiger partial charge in [-0.15, -0.1) is 0 Å². The number of hydrogen-bond donors (Lipinski definition) is 0. The Morgan fingerprint density at radius 3 is 2.35 bits per heavy atom. The van der Waals surface area contributed by atoms with Gasteiger partial charge in [-0.2, -0.15) is 4.99 Å². The van der Waals surface area contributed by atoms with Gasteiger partial charge in [-0.25, -0.2) is 4.79 Å². The molecule has 0 bridgehead atoms. The number of aryl methyl sites for hydroxylation is 2. The number of urea groups is 1. The Balaban J connectivity index is 1.86. The summed E-state index contributed by atoms with van der Waals surface area (Å²) in [6.45, 7) is 7.48. The van der Waals surface area contributed by atoms with E-state index in [1.807, 2.05) is 24.1 Å². The summed E-state index contributed by atoms with van der Waals surface area (Å²) in [5.41, 5.74) is 5.26. The number of aliphatic imine (C=N–C) groups is 1. The Kier molecular flexibility index (Phi) is 4.16. The van der Waals surface area contributed by atoms with E-state index in [0.29, 0.717) is 18.9 Å². The number of amidine groups is 1. The van der Waals surface area contributed by atoms with Gasteiger partial charge in [-0.3, -0.25) is 9.69 Å². The van der Waals surface area contributed by atoms with Crippen LogP contribution >= 0.6 is 0 Å². The van der Waals surface area contributed by atoms with Crippen LogP contribution in [0.4, 0.5) is 21.9 Å². The second-order valence-electron chi connectivity index (χ2n) is 8.51. The van der Waals surface area contributed by atoms with Gasteiger partial charge >= 0.3 is 6.03 Å². The number of benzene rings is 2. The van der Waals surface area contributed by atoms with E-state index in [-0.39, 0.29) is 5.91 Å². The molecule has 1 unspecified atom stereocenters. The first kappa shape index (κ1) is 19.6. The van der Waals surface area contributed by atoms with Crippen molar-refractivity contribution < 1.29 is 9.59 Å².